The summed E-state index contributed by atoms with van der Waals surface area (Å²) in [5.41, 5.74) is 2.13. The molecule has 1 saturated heterocycles. The van der Waals surface area contributed by atoms with Crippen LogP contribution in [0.15, 0.2) is 30.5 Å². The molecule has 0 saturated carbocycles. The summed E-state index contributed by atoms with van der Waals surface area (Å²) >= 11 is 12.6. The van der Waals surface area contributed by atoms with Gasteiger partial charge < -0.3 is 29.3 Å². The first-order chi connectivity index (χ1) is 17.4. The number of benzene rings is 2. The highest BCUT2D eigenvalue weighted by Gasteiger charge is 2.20. The average Bonchev–Trinajstić information content (AvgIpc) is 2.88. The molecular weight excluding hydrogens is 501 g/mol. The smallest absolute Gasteiger partial charge is 0.163 e. The van der Waals surface area contributed by atoms with Crippen LogP contribution in [0.4, 0.5) is 11.4 Å². The fourth-order valence-electron chi connectivity index (χ4n) is 4.39. The van der Waals surface area contributed by atoms with Crippen LogP contribution in [-0.4, -0.2) is 65.6 Å². The minimum absolute atomic E-state index is 0.361. The Balaban J connectivity index is 1.57. The van der Waals surface area contributed by atoms with Gasteiger partial charge in [-0.05, 0) is 12.1 Å². The Morgan fingerprint density at radius 2 is 1.75 bits per heavy atom. The SMILES string of the molecule is COc1cc(Nc2c(C#N)cnc3cc(OCCC[NH+]4CC[NH+](C)CC4)c(OC)cc23)c(Cl)cc1Cl. The molecule has 1 fully saturated rings. The van der Waals surface area contributed by atoms with Crippen LogP contribution in [0, 0.1) is 11.3 Å². The summed E-state index contributed by atoms with van der Waals surface area (Å²) < 4.78 is 17.1. The molecule has 8 nitrogen and oxygen atoms in total. The van der Waals surface area contributed by atoms with Crippen molar-refractivity contribution in [2.24, 2.45) is 0 Å². The molecule has 0 atom stereocenters. The number of nitrogens with one attached hydrogen (secondary N) is 3. The summed E-state index contributed by atoms with van der Waals surface area (Å²) in [5, 5.41) is 14.5. The number of rotatable bonds is 9. The first-order valence-electron chi connectivity index (χ1n) is 11.9. The Labute approximate surface area is 221 Å². The molecule has 2 aromatic carbocycles. The maximum Gasteiger partial charge on any atom is 0.163 e. The largest absolute Gasteiger partial charge is 0.495 e. The third-order valence-corrected chi connectivity index (χ3v) is 7.13. The number of pyridine rings is 1. The molecular formula is C26H31Cl2N5O3+2. The lowest BCUT2D eigenvalue weighted by molar-refractivity contribution is -1.00. The van der Waals surface area contributed by atoms with E-state index in [0.717, 1.165) is 13.0 Å². The third kappa shape index (κ3) is 5.88. The highest BCUT2D eigenvalue weighted by atomic mass is 35.5. The van der Waals surface area contributed by atoms with Crippen molar-refractivity contribution in [2.75, 3.05) is 65.9 Å². The molecule has 1 aliphatic rings. The van der Waals surface area contributed by atoms with Crippen molar-refractivity contribution in [3.63, 3.8) is 0 Å². The molecule has 1 aliphatic heterocycles. The molecule has 0 bridgehead atoms. The van der Waals surface area contributed by atoms with Crippen LogP contribution in [0.5, 0.6) is 17.2 Å². The van der Waals surface area contributed by atoms with E-state index in [4.69, 9.17) is 37.4 Å². The predicted octanol–water partition coefficient (Wildman–Crippen LogP) is 2.36. The maximum atomic E-state index is 9.75. The standard InChI is InChI=1S/C26H29Cl2N5O3/c1-32-6-8-33(9-7-32)5-4-10-36-25-13-21-18(11-24(25)35-3)26(17(15-29)16-30-21)31-22-14-23(34-2)20(28)12-19(22)27/h11-14,16H,4-10H2,1-3H3,(H,30,31)/p+2. The molecule has 3 N–H and O–H groups in total. The highest BCUT2D eigenvalue weighted by molar-refractivity contribution is 6.37. The van der Waals surface area contributed by atoms with Crippen LogP contribution in [0.1, 0.15) is 12.0 Å². The second-order valence-corrected chi connectivity index (χ2v) is 9.74. The summed E-state index contributed by atoms with van der Waals surface area (Å²) in [6, 6.07) is 9.15. The van der Waals surface area contributed by atoms with Gasteiger partial charge in [-0.15, -0.1) is 0 Å². The zero-order valence-electron chi connectivity index (χ0n) is 20.7. The van der Waals surface area contributed by atoms with Gasteiger partial charge in [0.25, 0.3) is 0 Å². The summed E-state index contributed by atoms with van der Waals surface area (Å²) in [7, 11) is 5.38. The zero-order valence-corrected chi connectivity index (χ0v) is 22.2. The van der Waals surface area contributed by atoms with Crippen molar-refractivity contribution in [3.05, 3.63) is 46.1 Å². The normalized spacial score (nSPS) is 17.4. The Kier molecular flexibility index (Phi) is 8.60. The Bertz CT molecular complexity index is 1270. The Morgan fingerprint density at radius 1 is 1.00 bits per heavy atom. The van der Waals surface area contributed by atoms with E-state index in [2.05, 4.69) is 23.4 Å². The summed E-state index contributed by atoms with van der Waals surface area (Å²) in [4.78, 5) is 7.72. The fraction of sp³-hybridized carbons (Fsp3) is 0.385. The lowest BCUT2D eigenvalue weighted by Crippen LogP contribution is -3.27. The highest BCUT2D eigenvalue weighted by Crippen LogP contribution is 2.40. The number of likely N-dealkylation sites (N-methyl/N-ethyl adjacent to an activating group) is 1. The minimum Gasteiger partial charge on any atom is -0.495 e. The Hall–Kier alpha value is -2.96. The first kappa shape index (κ1) is 26.1. The second kappa shape index (κ2) is 11.8. The van der Waals surface area contributed by atoms with Gasteiger partial charge >= 0.3 is 0 Å². The number of fused-ring (bicyclic) bond motifs is 1. The molecule has 0 amide bonds. The van der Waals surface area contributed by atoms with E-state index < -0.39 is 0 Å². The first-order valence-corrected chi connectivity index (χ1v) is 12.7. The minimum atomic E-state index is 0.361. The number of ether oxygens (including phenoxy) is 3. The van der Waals surface area contributed by atoms with Crippen molar-refractivity contribution >= 4 is 45.5 Å². The van der Waals surface area contributed by atoms with E-state index in [-0.39, 0.29) is 0 Å². The van der Waals surface area contributed by atoms with E-state index in [1.54, 1.807) is 29.0 Å². The molecule has 190 valence electrons. The van der Waals surface area contributed by atoms with Crippen LogP contribution < -0.4 is 29.3 Å². The lowest BCUT2D eigenvalue weighted by atomic mass is 10.1. The molecule has 3 aromatic rings. The van der Waals surface area contributed by atoms with Gasteiger partial charge in [0.05, 0.1) is 66.9 Å². The van der Waals surface area contributed by atoms with Gasteiger partial charge in [-0.1, -0.05) is 23.2 Å². The van der Waals surface area contributed by atoms with Crippen molar-refractivity contribution in [1.82, 2.24) is 4.98 Å². The molecule has 36 heavy (non-hydrogen) atoms. The van der Waals surface area contributed by atoms with Gasteiger partial charge in [-0.25, -0.2) is 0 Å². The van der Waals surface area contributed by atoms with Crippen LogP contribution in [-0.2, 0) is 0 Å². The van der Waals surface area contributed by atoms with Crippen molar-refractivity contribution in [1.29, 1.82) is 5.26 Å². The van der Waals surface area contributed by atoms with Gasteiger partial charge in [-0.2, -0.15) is 5.26 Å². The van der Waals surface area contributed by atoms with Crippen molar-refractivity contribution < 1.29 is 24.0 Å². The van der Waals surface area contributed by atoms with Gasteiger partial charge in [0.15, 0.2) is 11.5 Å². The van der Waals surface area contributed by atoms with Gasteiger partial charge in [0.1, 0.15) is 38.0 Å². The summed E-state index contributed by atoms with van der Waals surface area (Å²) in [6.45, 7) is 6.53. The molecule has 10 heteroatoms. The second-order valence-electron chi connectivity index (χ2n) is 8.93. The van der Waals surface area contributed by atoms with E-state index in [1.165, 1.54) is 39.5 Å². The van der Waals surface area contributed by atoms with E-state index in [9.17, 15) is 5.26 Å². The van der Waals surface area contributed by atoms with E-state index in [0.29, 0.717) is 61.7 Å². The van der Waals surface area contributed by atoms with Crippen LogP contribution >= 0.6 is 23.2 Å². The molecule has 4 rings (SSSR count). The monoisotopic (exact) mass is 531 g/mol. The van der Waals surface area contributed by atoms with Crippen molar-refractivity contribution in [3.8, 4) is 23.3 Å². The number of quaternary nitrogens is 2. The summed E-state index contributed by atoms with van der Waals surface area (Å²) in [6.07, 6.45) is 2.49. The quantitative estimate of drug-likeness (QED) is 0.367. The average molecular weight is 532 g/mol. The number of hydrogen-bond acceptors (Lipinski definition) is 6. The van der Waals surface area contributed by atoms with E-state index in [1.807, 2.05) is 12.1 Å². The molecule has 0 radical (unpaired) electrons. The number of nitriles is 1. The number of hydrogen-bond donors (Lipinski definition) is 3. The van der Waals surface area contributed by atoms with Gasteiger partial charge in [0.2, 0.25) is 0 Å². The number of aromatic nitrogens is 1. The number of nitrogens with zero attached hydrogens (tertiary/aromatic N) is 2. The zero-order chi connectivity index (χ0) is 25.7. The lowest BCUT2D eigenvalue weighted by Gasteiger charge is -2.27. The molecule has 0 unspecified atom stereocenters. The number of methoxy groups -OCH3 is 2. The van der Waals surface area contributed by atoms with Crippen molar-refractivity contribution in [2.45, 2.75) is 6.42 Å². The molecule has 0 aliphatic carbocycles. The maximum absolute atomic E-state index is 9.75. The molecule has 2 heterocycles. The Morgan fingerprint density at radius 3 is 2.44 bits per heavy atom. The fourth-order valence-corrected chi connectivity index (χ4v) is 4.90. The van der Waals surface area contributed by atoms with Crippen LogP contribution in [0.3, 0.4) is 0 Å². The van der Waals surface area contributed by atoms with Crippen LogP contribution in [0.2, 0.25) is 10.0 Å². The topological polar surface area (TPSA) is 85.3 Å². The summed E-state index contributed by atoms with van der Waals surface area (Å²) in [5.74, 6) is 1.66. The molecule has 1 aromatic heterocycles. The predicted molar refractivity (Wildman–Crippen MR) is 142 cm³/mol. The number of halogens is 2. The van der Waals surface area contributed by atoms with Gasteiger partial charge in [0, 0.05) is 30.1 Å². The third-order valence-electron chi connectivity index (χ3n) is 6.52. The number of anilines is 2. The van der Waals surface area contributed by atoms with Gasteiger partial charge in [-0.3, -0.25) is 4.98 Å². The van der Waals surface area contributed by atoms with E-state index >= 15 is 0 Å². The van der Waals surface area contributed by atoms with Crippen LogP contribution in [0.25, 0.3) is 10.9 Å². The molecule has 0 spiro atoms. The number of piperazine rings is 1.